The summed E-state index contributed by atoms with van der Waals surface area (Å²) in [6.45, 7) is 0. The molecule has 0 amide bonds. The summed E-state index contributed by atoms with van der Waals surface area (Å²) in [6.07, 6.45) is 6.90. The molecule has 0 bridgehead atoms. The first-order valence-electron chi connectivity index (χ1n) is 4.25. The van der Waals surface area contributed by atoms with Crippen LogP contribution < -0.4 is 4.90 Å². The zero-order valence-corrected chi connectivity index (χ0v) is 226. The van der Waals surface area contributed by atoms with Crippen molar-refractivity contribution in [3.8, 4) is 0 Å². The molecule has 0 aliphatic carbocycles. The van der Waals surface area contributed by atoms with Crippen LogP contribution in [0.1, 0.15) is 0 Å². The molecule has 2 aromatic rings. The van der Waals surface area contributed by atoms with E-state index in [-0.39, 0.29) is 2090 Å². The van der Waals surface area contributed by atoms with E-state index in [1.165, 1.54) is 0 Å². The molecule has 3 nitrogen and oxygen atoms in total. The minimum Gasteiger partial charge on any atom is -0.389 e. The second kappa shape index (κ2) is 397. The Bertz CT molecular complexity index is 399. The van der Waals surface area contributed by atoms with Crippen LogP contribution in [0.15, 0.2) is 36.9 Å². The molecule has 0 unspecified atom stereocenters. The molecule has 262 valence electrons. The fourth-order valence-electron chi connectivity index (χ4n) is 1.13. The Kier molecular flexibility index (Phi) is 2260. The molecule has 0 aliphatic rings. The number of hydrogen-bond donors (Lipinski definition) is 0. The van der Waals surface area contributed by atoms with Gasteiger partial charge in [0.25, 0.3) is 0 Å². The van der Waals surface area contributed by atoms with E-state index in [4.69, 9.17) is 0 Å². The molecule has 0 atom stereocenters. The third-order valence-electron chi connectivity index (χ3n) is 1.90. The smallest absolute Gasteiger partial charge is 0.00736 e. The number of aromatic nitrogens is 2. The maximum Gasteiger partial charge on any atom is 0.00736 e. The Morgan fingerprint density at radius 2 is 0.282 bits per heavy atom. The predicted molar refractivity (Wildman–Crippen MR) is 54.2 cm³/mol. The van der Waals surface area contributed by atoms with Gasteiger partial charge in [-0.15, -0.1) is 0 Å². The van der Waals surface area contributed by atoms with E-state index in [1.807, 2.05) is 11.9 Å². The van der Waals surface area contributed by atoms with Crippen molar-refractivity contribution in [1.29, 1.82) is 0 Å². The van der Waals surface area contributed by atoms with Crippen molar-refractivity contribution >= 4 is 11.4 Å². The number of anilines is 2. The number of nitrogens with zero attached hydrogens (tertiary/aromatic N) is 3. The Morgan fingerprint density at radius 1 is 0.192 bits per heavy atom. The molecule has 0 saturated carbocycles. The van der Waals surface area contributed by atoms with Gasteiger partial charge in [-0.05, 0) is 0 Å². The van der Waals surface area contributed by atoms with E-state index < -0.39 is 0 Å². The van der Waals surface area contributed by atoms with E-state index in [0.717, 1.165) is 11.4 Å². The summed E-state index contributed by atoms with van der Waals surface area (Å²) in [7, 11) is 1.93. The quantitative estimate of drug-likeness (QED) is 0.430. The third-order valence-corrected chi connectivity index (χ3v) is 1.90. The van der Waals surface area contributed by atoms with Crippen LogP contribution in [0.25, 0.3) is 0 Å². The van der Waals surface area contributed by atoms with Crippen molar-refractivity contribution in [2.45, 2.75) is 0 Å². The van der Waals surface area contributed by atoms with Crippen LogP contribution >= 0.6 is 0 Å². The fourth-order valence-corrected chi connectivity index (χ4v) is 1.13. The molecule has 2 rings (SSSR count). The molecule has 78 heavy (non-hydrogen) atoms. The monoisotopic (exact) mass is 5870 g/mol. The van der Waals surface area contributed by atoms with Gasteiger partial charge in [0.2, 0.25) is 0 Å². The first kappa shape index (κ1) is 444. The van der Waals surface area contributed by atoms with E-state index in [0.29, 0.717) is 0 Å². The zero-order valence-electron chi connectivity index (χ0n) is 44.8. The number of hydrogen-bond acceptors (Lipinski definition) is 3. The summed E-state index contributed by atoms with van der Waals surface area (Å²) in [5, 5.41) is 0. The minimum atomic E-state index is 0. The average Bonchev–Trinajstić information content (AvgIpc) is 2.30. The maximum absolute atomic E-state index is 4.02. The maximum atomic E-state index is 4.02. The fraction of sp³-hybridized carbons (Fsp3) is 0.0909. The number of pyridine rings is 2. The van der Waals surface area contributed by atoms with E-state index >= 15 is 0 Å². The van der Waals surface area contributed by atoms with E-state index in [2.05, 4.69) is 22.1 Å². The molecule has 2 heterocycles. The normalized spacial score (nSPS) is 1.76. The summed E-state index contributed by atoms with van der Waals surface area (Å²) in [4.78, 5) is 9.98. The van der Waals surface area contributed by atoms with Crippen LogP contribution in [0.4, 0.5) is 11.4 Å². The van der Waals surface area contributed by atoms with Crippen molar-refractivity contribution in [2.24, 2.45) is 0 Å². The van der Waals surface area contributed by atoms with Crippen molar-refractivity contribution in [2.75, 3.05) is 11.9 Å². The minimum absolute atomic E-state index is 0. The molecule has 0 aromatic carbocycles. The predicted octanol–water partition coefficient (Wildman–Crippen LogP) is 1.68. The Balaban J connectivity index is -0.000000000576. The van der Waals surface area contributed by atoms with Gasteiger partial charge in [-0.1, -0.05) is 36.2 Å². The molecule has 0 spiro atoms. The van der Waals surface area contributed by atoms with Crippen LogP contribution in [-0.4, -0.2) is 17.0 Å². The van der Waals surface area contributed by atoms with Gasteiger partial charge in [-0.3, -0.25) is 0 Å². The Morgan fingerprint density at radius 3 is 0.346 bits per heavy atom. The van der Waals surface area contributed by atoms with Crippen LogP contribution in [0.2, 0.25) is 0 Å². The summed E-state index contributed by atoms with van der Waals surface area (Å²) >= 11 is 0. The van der Waals surface area contributed by atoms with Crippen molar-refractivity contribution < 1.29 is 2090 Å². The molecule has 0 N–H and O–H groups in total. The van der Waals surface area contributed by atoms with Crippen molar-refractivity contribution in [3.63, 3.8) is 0 Å². The standard InChI is InChI=1S/C11H9N3.64Y/c1-14(10-4-2-6-12-8-10)11-5-3-7-13-9-11;;;;;;;;;;;;;;;;;;;;;;;;;;;;;;;;;;;;;;;;;;;;;;;;;;;;;;;;;;;;;;;;/h2-3,6-9H,1H3;;;;;;;;;;;;;;;;;;;;;;;;;;;;;;;;;;;;;;;;;;;;;;;;;;;;;;;;;;;;;;;;/q-2;;;;;;;;;;;;;;;;;;;;;;;;;;;;;;;;;;;;;;;;;;;;;;;;;;;;;;;;;;;;;;;;. The topological polar surface area (TPSA) is 29.0 Å². The SMILES string of the molecule is CN(c1[c-]ccnc1)c1[c-]ccnc1.[Y].[Y].[Y].[Y].[Y].[Y].[Y].[Y].[Y].[Y].[Y].[Y].[Y].[Y].[Y].[Y].[Y].[Y].[Y].[Y].[Y].[Y].[Y].[Y].[Y].[Y].[Y].[Y].[Y].[Y].[Y].[Y].[Y].[Y].[Y].[Y].[Y].[Y].[Y].[Y].[Y].[Y].[Y].[Y].[Y].[Y].[Y].[Y].[Y].[Y].[Y].[Y].[Y].[Y].[Y].[Y].[Y].[Y].[Y].[Y].[Y].[Y].[Y].[Y]. The van der Waals surface area contributed by atoms with Gasteiger partial charge in [0.1, 0.15) is 0 Å². The Hall–Kier alpha value is 68.7. The average molecular weight is 5870 g/mol. The van der Waals surface area contributed by atoms with Gasteiger partial charge in [0.15, 0.2) is 0 Å². The van der Waals surface area contributed by atoms with Crippen molar-refractivity contribution in [1.82, 2.24) is 9.97 Å². The van der Waals surface area contributed by atoms with Gasteiger partial charge in [-0.2, -0.15) is 24.3 Å². The largest absolute Gasteiger partial charge is 0.389 e. The van der Waals surface area contributed by atoms with Crippen LogP contribution in [0.5, 0.6) is 0 Å². The van der Waals surface area contributed by atoms with Gasteiger partial charge >= 0.3 is 0 Å². The molecule has 0 aliphatic heterocycles. The summed E-state index contributed by atoms with van der Waals surface area (Å²) < 4.78 is 0. The van der Waals surface area contributed by atoms with Crippen LogP contribution in [0, 0.1) is 12.1 Å². The molecular formula is C11H9N3Y64-2. The summed E-state index contributed by atoms with van der Waals surface area (Å²) in [5.41, 5.74) is 1.80. The second-order valence-corrected chi connectivity index (χ2v) is 2.81. The van der Waals surface area contributed by atoms with E-state index in [9.17, 15) is 0 Å². The first-order valence-corrected chi connectivity index (χ1v) is 4.25. The van der Waals surface area contributed by atoms with E-state index in [1.54, 1.807) is 36.9 Å². The third kappa shape index (κ3) is 348. The molecular weight excluding hydrogens is 5860 g/mol. The second-order valence-electron chi connectivity index (χ2n) is 2.81. The first-order chi connectivity index (χ1) is 6.88. The van der Waals surface area contributed by atoms with Crippen LogP contribution in [0.3, 0.4) is 0 Å². The molecule has 2 aromatic heterocycles. The van der Waals surface area contributed by atoms with Gasteiger partial charge < -0.3 is 14.9 Å². The van der Waals surface area contributed by atoms with Crippen LogP contribution in [-0.2, 0) is 2090 Å². The van der Waals surface area contributed by atoms with Gasteiger partial charge in [-0.25, -0.2) is 0 Å². The molecule has 0 fully saturated rings. The molecule has 64 radical (unpaired) electrons. The Labute approximate surface area is 2090 Å². The number of rotatable bonds is 2. The van der Waals surface area contributed by atoms with Gasteiger partial charge in [0, 0.05) is 2100 Å². The summed E-state index contributed by atoms with van der Waals surface area (Å²) in [6, 6.07) is 9.72. The van der Waals surface area contributed by atoms with Crippen molar-refractivity contribution in [3.05, 3.63) is 49.1 Å². The van der Waals surface area contributed by atoms with Gasteiger partial charge in [0.05, 0.1) is 0 Å². The zero-order chi connectivity index (χ0) is 9.80. The summed E-state index contributed by atoms with van der Waals surface area (Å²) in [5.74, 6) is 0. The molecule has 67 heteroatoms. The molecule has 0 saturated heterocycles.